The van der Waals surface area contributed by atoms with Gasteiger partial charge in [0.2, 0.25) is 5.91 Å². The summed E-state index contributed by atoms with van der Waals surface area (Å²) in [7, 11) is 0. The van der Waals surface area contributed by atoms with E-state index in [-0.39, 0.29) is 18.0 Å². The lowest BCUT2D eigenvalue weighted by Gasteiger charge is -2.23. The van der Waals surface area contributed by atoms with Crippen molar-refractivity contribution in [2.75, 3.05) is 6.54 Å². The number of aromatic nitrogens is 2. The average Bonchev–Trinajstić information content (AvgIpc) is 2.72. The van der Waals surface area contributed by atoms with Gasteiger partial charge in [0, 0.05) is 31.4 Å². The molecule has 1 aromatic heterocycles. The van der Waals surface area contributed by atoms with Gasteiger partial charge < -0.3 is 15.6 Å². The van der Waals surface area contributed by atoms with Gasteiger partial charge in [-0.25, -0.2) is 4.98 Å². The molecule has 0 spiro atoms. The minimum Gasteiger partial charge on any atom is -0.347 e. The Morgan fingerprint density at radius 3 is 3.14 bits per heavy atom. The molecule has 0 radical (unpaired) electrons. The predicted molar refractivity (Wildman–Crippen MR) is 51.3 cm³/mol. The molecule has 0 bridgehead atoms. The zero-order chi connectivity index (χ0) is 10.1. The number of likely N-dealkylation sites (tertiary alicyclic amines) is 1. The van der Waals surface area contributed by atoms with E-state index in [9.17, 15) is 4.79 Å². The predicted octanol–water partition coefficient (Wildman–Crippen LogP) is 0.0303. The van der Waals surface area contributed by atoms with E-state index >= 15 is 0 Å². The van der Waals surface area contributed by atoms with Gasteiger partial charge in [-0.3, -0.25) is 4.79 Å². The van der Waals surface area contributed by atoms with E-state index in [1.54, 1.807) is 17.3 Å². The SMILES string of the molecule is CCN1C(=O)CC(N)C1c1ncc[nH]1. The number of carbonyl (C=O) groups excluding carboxylic acids is 1. The molecule has 0 aliphatic carbocycles. The van der Waals surface area contributed by atoms with Crippen molar-refractivity contribution in [2.45, 2.75) is 25.4 Å². The van der Waals surface area contributed by atoms with Gasteiger partial charge in [-0.05, 0) is 6.92 Å². The molecule has 2 unspecified atom stereocenters. The number of likely N-dealkylation sites (N-methyl/N-ethyl adjacent to an activating group) is 1. The Balaban J connectivity index is 2.28. The van der Waals surface area contributed by atoms with Crippen molar-refractivity contribution < 1.29 is 4.79 Å². The number of amides is 1. The highest BCUT2D eigenvalue weighted by atomic mass is 16.2. The van der Waals surface area contributed by atoms with Crippen molar-refractivity contribution in [3.05, 3.63) is 18.2 Å². The number of hydrogen-bond donors (Lipinski definition) is 2. The summed E-state index contributed by atoms with van der Waals surface area (Å²) in [5, 5.41) is 0. The van der Waals surface area contributed by atoms with E-state index in [2.05, 4.69) is 9.97 Å². The molecule has 1 aromatic rings. The number of carbonyl (C=O) groups is 1. The summed E-state index contributed by atoms with van der Waals surface area (Å²) >= 11 is 0. The third kappa shape index (κ3) is 1.29. The van der Waals surface area contributed by atoms with Crippen molar-refractivity contribution in [1.29, 1.82) is 0 Å². The van der Waals surface area contributed by atoms with Crippen molar-refractivity contribution in [3.63, 3.8) is 0 Å². The second-order valence-corrected chi connectivity index (χ2v) is 3.47. The lowest BCUT2D eigenvalue weighted by atomic mass is 10.1. The van der Waals surface area contributed by atoms with Crippen molar-refractivity contribution in [1.82, 2.24) is 14.9 Å². The monoisotopic (exact) mass is 194 g/mol. The molecule has 2 rings (SSSR count). The van der Waals surface area contributed by atoms with Crippen LogP contribution in [0.25, 0.3) is 0 Å². The van der Waals surface area contributed by atoms with E-state index < -0.39 is 0 Å². The van der Waals surface area contributed by atoms with Crippen LogP contribution in [-0.2, 0) is 4.79 Å². The molecular weight excluding hydrogens is 180 g/mol. The number of aromatic amines is 1. The van der Waals surface area contributed by atoms with Crippen molar-refractivity contribution in [2.24, 2.45) is 5.73 Å². The van der Waals surface area contributed by atoms with Gasteiger partial charge >= 0.3 is 0 Å². The Morgan fingerprint density at radius 1 is 1.79 bits per heavy atom. The fourth-order valence-corrected chi connectivity index (χ4v) is 1.98. The van der Waals surface area contributed by atoms with Crippen LogP contribution in [0.4, 0.5) is 0 Å². The topological polar surface area (TPSA) is 75.0 Å². The third-order valence-corrected chi connectivity index (χ3v) is 2.61. The van der Waals surface area contributed by atoms with Crippen LogP contribution < -0.4 is 5.73 Å². The Labute approximate surface area is 82.3 Å². The summed E-state index contributed by atoms with van der Waals surface area (Å²) in [6.07, 6.45) is 3.84. The molecule has 2 atom stereocenters. The number of nitrogens with one attached hydrogen (secondary N) is 1. The van der Waals surface area contributed by atoms with Crippen LogP contribution >= 0.6 is 0 Å². The quantitative estimate of drug-likeness (QED) is 0.697. The first-order valence-electron chi connectivity index (χ1n) is 4.78. The average molecular weight is 194 g/mol. The lowest BCUT2D eigenvalue weighted by Crippen LogP contribution is -2.33. The summed E-state index contributed by atoms with van der Waals surface area (Å²) in [6.45, 7) is 2.63. The zero-order valence-corrected chi connectivity index (χ0v) is 8.10. The Hall–Kier alpha value is -1.36. The Bertz CT molecular complexity index is 322. The highest BCUT2D eigenvalue weighted by Crippen LogP contribution is 2.29. The maximum Gasteiger partial charge on any atom is 0.224 e. The molecule has 5 nitrogen and oxygen atoms in total. The van der Waals surface area contributed by atoms with Gasteiger partial charge in [-0.2, -0.15) is 0 Å². The van der Waals surface area contributed by atoms with E-state index in [1.165, 1.54) is 0 Å². The lowest BCUT2D eigenvalue weighted by molar-refractivity contribution is -0.128. The standard InChI is InChI=1S/C9H14N4O/c1-2-13-7(14)5-6(10)8(13)9-11-3-4-12-9/h3-4,6,8H,2,5,10H2,1H3,(H,11,12). The van der Waals surface area contributed by atoms with E-state index in [0.717, 1.165) is 5.82 Å². The Kier molecular flexibility index (Phi) is 2.25. The van der Waals surface area contributed by atoms with E-state index in [4.69, 9.17) is 5.73 Å². The van der Waals surface area contributed by atoms with Crippen molar-refractivity contribution in [3.8, 4) is 0 Å². The largest absolute Gasteiger partial charge is 0.347 e. The maximum absolute atomic E-state index is 11.5. The Morgan fingerprint density at radius 2 is 2.57 bits per heavy atom. The van der Waals surface area contributed by atoms with Gasteiger partial charge in [-0.15, -0.1) is 0 Å². The van der Waals surface area contributed by atoms with Gasteiger partial charge in [0.05, 0.1) is 0 Å². The first-order chi connectivity index (χ1) is 6.74. The fourth-order valence-electron chi connectivity index (χ4n) is 1.98. The fraction of sp³-hybridized carbons (Fsp3) is 0.556. The third-order valence-electron chi connectivity index (χ3n) is 2.61. The maximum atomic E-state index is 11.5. The van der Waals surface area contributed by atoms with Gasteiger partial charge in [-0.1, -0.05) is 0 Å². The number of hydrogen-bond acceptors (Lipinski definition) is 3. The minimum absolute atomic E-state index is 0.0810. The molecule has 14 heavy (non-hydrogen) atoms. The molecule has 1 amide bonds. The number of nitrogens with zero attached hydrogens (tertiary/aromatic N) is 2. The molecule has 1 aliphatic heterocycles. The summed E-state index contributed by atoms with van der Waals surface area (Å²) < 4.78 is 0. The van der Waals surface area contributed by atoms with Crippen molar-refractivity contribution >= 4 is 5.91 Å². The number of rotatable bonds is 2. The van der Waals surface area contributed by atoms with Crippen LogP contribution in [0.1, 0.15) is 25.2 Å². The summed E-state index contributed by atoms with van der Waals surface area (Å²) in [5.74, 6) is 0.895. The summed E-state index contributed by atoms with van der Waals surface area (Å²) in [6, 6.07) is -0.226. The first kappa shape index (κ1) is 9.21. The van der Waals surface area contributed by atoms with Gasteiger partial charge in [0.25, 0.3) is 0 Å². The number of imidazole rings is 1. The number of H-pyrrole nitrogens is 1. The van der Waals surface area contributed by atoms with E-state index in [1.807, 2.05) is 6.92 Å². The molecule has 0 saturated carbocycles. The summed E-state index contributed by atoms with van der Waals surface area (Å²) in [5.41, 5.74) is 5.90. The molecule has 3 N–H and O–H groups in total. The second-order valence-electron chi connectivity index (χ2n) is 3.47. The van der Waals surface area contributed by atoms with Crippen LogP contribution in [0.15, 0.2) is 12.4 Å². The number of nitrogens with two attached hydrogens (primary N) is 1. The molecule has 76 valence electrons. The highest BCUT2D eigenvalue weighted by molar-refractivity contribution is 5.80. The molecule has 5 heteroatoms. The van der Waals surface area contributed by atoms with E-state index in [0.29, 0.717) is 13.0 Å². The van der Waals surface area contributed by atoms with Crippen LogP contribution in [0.5, 0.6) is 0 Å². The van der Waals surface area contributed by atoms with Gasteiger partial charge in [0.1, 0.15) is 11.9 Å². The molecule has 2 heterocycles. The first-order valence-corrected chi connectivity index (χ1v) is 4.78. The zero-order valence-electron chi connectivity index (χ0n) is 8.10. The molecular formula is C9H14N4O. The van der Waals surface area contributed by atoms with Crippen LogP contribution in [0.2, 0.25) is 0 Å². The minimum atomic E-state index is -0.145. The van der Waals surface area contributed by atoms with Crippen LogP contribution in [-0.4, -0.2) is 33.4 Å². The second kappa shape index (κ2) is 3.42. The summed E-state index contributed by atoms with van der Waals surface area (Å²) in [4.78, 5) is 20.5. The normalized spacial score (nSPS) is 27.3. The molecule has 0 aromatic carbocycles. The van der Waals surface area contributed by atoms with Crippen LogP contribution in [0.3, 0.4) is 0 Å². The molecule has 1 fully saturated rings. The molecule has 1 aliphatic rings. The highest BCUT2D eigenvalue weighted by Gasteiger charge is 2.38. The molecule has 1 saturated heterocycles. The van der Waals surface area contributed by atoms with Crippen LogP contribution in [0, 0.1) is 0 Å². The van der Waals surface area contributed by atoms with Gasteiger partial charge in [0.15, 0.2) is 0 Å². The smallest absolute Gasteiger partial charge is 0.224 e.